The fourth-order valence-electron chi connectivity index (χ4n) is 3.76. The maximum absolute atomic E-state index is 9.40. The molecule has 1 N–H and O–H groups in total. The Labute approximate surface area is 122 Å². The second kappa shape index (κ2) is 6.01. The van der Waals surface area contributed by atoms with Gasteiger partial charge in [-0.15, -0.1) is 0 Å². The lowest BCUT2D eigenvalue weighted by molar-refractivity contribution is -0.0561. The minimum Gasteiger partial charge on any atom is -0.375 e. The molecule has 0 amide bonds. The molecule has 20 heavy (non-hydrogen) atoms. The minimum absolute atomic E-state index is 0.331. The Bertz CT molecular complexity index is 376. The van der Waals surface area contributed by atoms with Crippen molar-refractivity contribution < 1.29 is 4.74 Å². The van der Waals surface area contributed by atoms with Gasteiger partial charge in [0.05, 0.1) is 18.8 Å². The van der Waals surface area contributed by atoms with Gasteiger partial charge in [0.25, 0.3) is 0 Å². The van der Waals surface area contributed by atoms with E-state index in [-0.39, 0.29) is 5.54 Å². The van der Waals surface area contributed by atoms with E-state index in [0.717, 1.165) is 32.5 Å². The van der Waals surface area contributed by atoms with E-state index in [1.165, 1.54) is 32.1 Å². The Balaban J connectivity index is 1.45. The summed E-state index contributed by atoms with van der Waals surface area (Å²) in [5, 5.41) is 12.9. The van der Waals surface area contributed by atoms with Crippen LogP contribution in [0, 0.1) is 11.3 Å². The molecule has 0 aromatic heterocycles. The normalized spacial score (nSPS) is 33.4. The third-order valence-corrected chi connectivity index (χ3v) is 5.07. The number of nitrogens with zero attached hydrogens (tertiary/aromatic N) is 2. The summed E-state index contributed by atoms with van der Waals surface area (Å²) in [5.41, 5.74) is -0.331. The molecule has 0 aromatic carbocycles. The zero-order valence-corrected chi connectivity index (χ0v) is 12.6. The minimum atomic E-state index is -0.331. The smallest absolute Gasteiger partial charge is 0.104 e. The van der Waals surface area contributed by atoms with Crippen molar-refractivity contribution in [2.75, 3.05) is 19.7 Å². The number of nitrogens with one attached hydrogen (secondary N) is 1. The molecule has 0 spiro atoms. The van der Waals surface area contributed by atoms with Crippen LogP contribution < -0.4 is 5.32 Å². The molecular weight excluding hydrogens is 250 g/mol. The Hall–Kier alpha value is -0.630. The maximum atomic E-state index is 9.40. The highest BCUT2D eigenvalue weighted by Gasteiger charge is 2.36. The van der Waals surface area contributed by atoms with Crippen LogP contribution in [-0.2, 0) is 4.74 Å². The summed E-state index contributed by atoms with van der Waals surface area (Å²) in [5.74, 6) is 0. The van der Waals surface area contributed by atoms with Crippen molar-refractivity contribution in [3.63, 3.8) is 0 Å². The van der Waals surface area contributed by atoms with Gasteiger partial charge in [-0.2, -0.15) is 5.26 Å². The molecule has 3 unspecified atom stereocenters. The Morgan fingerprint density at radius 2 is 2.20 bits per heavy atom. The first-order valence-corrected chi connectivity index (χ1v) is 8.25. The van der Waals surface area contributed by atoms with Crippen LogP contribution in [0.15, 0.2) is 0 Å². The van der Waals surface area contributed by atoms with Crippen LogP contribution in [0.5, 0.6) is 0 Å². The predicted octanol–water partition coefficient (Wildman–Crippen LogP) is 2.05. The lowest BCUT2D eigenvalue weighted by atomic mass is 9.97. The van der Waals surface area contributed by atoms with Crippen molar-refractivity contribution in [2.24, 2.45) is 0 Å². The van der Waals surface area contributed by atoms with Gasteiger partial charge in [0.2, 0.25) is 0 Å². The molecule has 4 heteroatoms. The Kier molecular flexibility index (Phi) is 4.30. The molecule has 4 nitrogen and oxygen atoms in total. The van der Waals surface area contributed by atoms with Gasteiger partial charge in [-0.25, -0.2) is 0 Å². The van der Waals surface area contributed by atoms with Crippen LogP contribution in [-0.4, -0.2) is 48.3 Å². The van der Waals surface area contributed by atoms with E-state index in [1.807, 2.05) is 0 Å². The lowest BCUT2D eigenvalue weighted by Crippen LogP contribution is -2.49. The molecule has 3 fully saturated rings. The molecule has 1 saturated heterocycles. The van der Waals surface area contributed by atoms with E-state index in [4.69, 9.17) is 4.74 Å². The van der Waals surface area contributed by atoms with Crippen molar-refractivity contribution in [3.8, 4) is 6.07 Å². The zero-order chi connectivity index (χ0) is 14.0. The molecule has 1 aliphatic heterocycles. The lowest BCUT2D eigenvalue weighted by Gasteiger charge is -2.38. The molecule has 3 atom stereocenters. The number of ether oxygens (including phenoxy) is 1. The fraction of sp³-hybridized carbons (Fsp3) is 0.938. The number of rotatable bonds is 6. The number of hydrogen-bond acceptors (Lipinski definition) is 4. The van der Waals surface area contributed by atoms with Crippen molar-refractivity contribution in [1.82, 2.24) is 10.2 Å². The molecule has 3 aliphatic rings. The molecule has 2 saturated carbocycles. The largest absolute Gasteiger partial charge is 0.375 e. The van der Waals surface area contributed by atoms with Gasteiger partial charge in [0, 0.05) is 18.6 Å². The van der Waals surface area contributed by atoms with Crippen LogP contribution in [0.2, 0.25) is 0 Å². The van der Waals surface area contributed by atoms with Crippen LogP contribution in [0.1, 0.15) is 51.9 Å². The first kappa shape index (κ1) is 14.3. The summed E-state index contributed by atoms with van der Waals surface area (Å²) in [6.45, 7) is 5.13. The molecule has 0 radical (unpaired) electrons. The van der Waals surface area contributed by atoms with Crippen LogP contribution >= 0.6 is 0 Å². The van der Waals surface area contributed by atoms with Crippen molar-refractivity contribution in [3.05, 3.63) is 0 Å². The molecule has 112 valence electrons. The zero-order valence-electron chi connectivity index (χ0n) is 12.6. The van der Waals surface area contributed by atoms with E-state index in [9.17, 15) is 5.26 Å². The van der Waals surface area contributed by atoms with Gasteiger partial charge in [-0.1, -0.05) is 0 Å². The topological polar surface area (TPSA) is 48.3 Å². The number of fused-ring (bicyclic) bond motifs is 1. The van der Waals surface area contributed by atoms with E-state index in [0.29, 0.717) is 18.2 Å². The SMILES string of the molecule is CC(C#N)(CCCN1CCOC2CCCC21)NC1CC1. The Morgan fingerprint density at radius 3 is 2.95 bits per heavy atom. The monoisotopic (exact) mass is 277 g/mol. The number of nitriles is 1. The average molecular weight is 277 g/mol. The van der Waals surface area contributed by atoms with E-state index in [2.05, 4.69) is 23.2 Å². The first-order chi connectivity index (χ1) is 9.70. The van der Waals surface area contributed by atoms with Gasteiger partial charge in [0.1, 0.15) is 5.54 Å². The first-order valence-electron chi connectivity index (χ1n) is 8.25. The molecular formula is C16H27N3O. The highest BCUT2D eigenvalue weighted by molar-refractivity contribution is 5.07. The van der Waals surface area contributed by atoms with Gasteiger partial charge >= 0.3 is 0 Å². The quantitative estimate of drug-likeness (QED) is 0.807. The highest BCUT2D eigenvalue weighted by Crippen LogP contribution is 2.30. The average Bonchev–Trinajstić information content (AvgIpc) is 3.12. The second-order valence-corrected chi connectivity index (χ2v) is 6.91. The molecule has 3 rings (SSSR count). The molecule has 1 heterocycles. The van der Waals surface area contributed by atoms with Gasteiger partial charge < -0.3 is 4.74 Å². The highest BCUT2D eigenvalue weighted by atomic mass is 16.5. The van der Waals surface area contributed by atoms with Crippen LogP contribution in [0.3, 0.4) is 0 Å². The molecule has 0 aromatic rings. The third kappa shape index (κ3) is 3.33. The maximum Gasteiger partial charge on any atom is 0.104 e. The summed E-state index contributed by atoms with van der Waals surface area (Å²) in [4.78, 5) is 2.61. The molecule has 0 bridgehead atoms. The summed E-state index contributed by atoms with van der Waals surface area (Å²) < 4.78 is 5.86. The summed E-state index contributed by atoms with van der Waals surface area (Å²) in [7, 11) is 0. The van der Waals surface area contributed by atoms with Gasteiger partial charge in [-0.3, -0.25) is 10.2 Å². The van der Waals surface area contributed by atoms with Gasteiger partial charge in [-0.05, 0) is 58.4 Å². The predicted molar refractivity (Wildman–Crippen MR) is 78.4 cm³/mol. The van der Waals surface area contributed by atoms with E-state index >= 15 is 0 Å². The number of morpholine rings is 1. The fourth-order valence-corrected chi connectivity index (χ4v) is 3.76. The van der Waals surface area contributed by atoms with Crippen LogP contribution in [0.4, 0.5) is 0 Å². The van der Waals surface area contributed by atoms with E-state index in [1.54, 1.807) is 0 Å². The van der Waals surface area contributed by atoms with Crippen molar-refractivity contribution in [2.45, 2.75) is 75.6 Å². The van der Waals surface area contributed by atoms with Crippen molar-refractivity contribution in [1.29, 1.82) is 5.26 Å². The standard InChI is InChI=1S/C16H27N3O/c1-16(12-17,18-13-6-7-13)8-3-9-19-10-11-20-15-5-2-4-14(15)19/h13-15,18H,2-11H2,1H3. The third-order valence-electron chi connectivity index (χ3n) is 5.07. The van der Waals surface area contributed by atoms with Gasteiger partial charge in [0.15, 0.2) is 0 Å². The van der Waals surface area contributed by atoms with Crippen LogP contribution in [0.25, 0.3) is 0 Å². The summed E-state index contributed by atoms with van der Waals surface area (Å²) in [6, 6.07) is 3.73. The van der Waals surface area contributed by atoms with E-state index < -0.39 is 0 Å². The molecule has 2 aliphatic carbocycles. The second-order valence-electron chi connectivity index (χ2n) is 6.91. The van der Waals surface area contributed by atoms with Crippen molar-refractivity contribution >= 4 is 0 Å². The summed E-state index contributed by atoms with van der Waals surface area (Å²) in [6.07, 6.45) is 8.86. The Morgan fingerprint density at radius 1 is 1.35 bits per heavy atom. The summed E-state index contributed by atoms with van der Waals surface area (Å²) >= 11 is 0. The number of hydrogen-bond donors (Lipinski definition) is 1.